The van der Waals surface area contributed by atoms with Crippen LogP contribution in [0.3, 0.4) is 0 Å². The van der Waals surface area contributed by atoms with Crippen molar-refractivity contribution in [1.29, 1.82) is 0 Å². The van der Waals surface area contributed by atoms with Crippen LogP contribution in [0.4, 0.5) is 11.4 Å². The van der Waals surface area contributed by atoms with E-state index in [-0.39, 0.29) is 5.56 Å². The zero-order valence-electron chi connectivity index (χ0n) is 11.5. The molecule has 3 N–H and O–H groups in total. The smallest absolute Gasteiger partial charge is 0.335 e. The van der Waals surface area contributed by atoms with Gasteiger partial charge in [0.15, 0.2) is 0 Å². The monoisotopic (exact) mass is 263 g/mol. The van der Waals surface area contributed by atoms with Crippen molar-refractivity contribution in [2.24, 2.45) is 0 Å². The maximum Gasteiger partial charge on any atom is 0.335 e. The first-order valence-electron chi connectivity index (χ1n) is 6.53. The van der Waals surface area contributed by atoms with Gasteiger partial charge in [-0.1, -0.05) is 0 Å². The SMILES string of the molecule is CN1CCCC(N(C)c2ccc(C(=O)O)cc2N)C1. The minimum absolute atomic E-state index is 0.232. The summed E-state index contributed by atoms with van der Waals surface area (Å²) in [6.07, 6.45) is 2.32. The summed E-state index contributed by atoms with van der Waals surface area (Å²) < 4.78 is 0. The number of aromatic carboxylic acids is 1. The van der Waals surface area contributed by atoms with Crippen molar-refractivity contribution in [1.82, 2.24) is 4.90 Å². The molecule has 1 fully saturated rings. The molecule has 1 aliphatic heterocycles. The maximum absolute atomic E-state index is 10.9. The van der Waals surface area contributed by atoms with Crippen LogP contribution in [0.15, 0.2) is 18.2 Å². The Morgan fingerprint density at radius 2 is 2.26 bits per heavy atom. The number of hydrogen-bond donors (Lipinski definition) is 2. The van der Waals surface area contributed by atoms with Crippen LogP contribution in [0.25, 0.3) is 0 Å². The Morgan fingerprint density at radius 3 is 2.84 bits per heavy atom. The van der Waals surface area contributed by atoms with E-state index >= 15 is 0 Å². The quantitative estimate of drug-likeness (QED) is 0.809. The number of carboxylic acids is 1. The third-order valence-electron chi connectivity index (χ3n) is 3.80. The van der Waals surface area contributed by atoms with Gasteiger partial charge < -0.3 is 20.6 Å². The number of carboxylic acid groups (broad SMARTS) is 1. The molecular formula is C14H21N3O2. The van der Waals surface area contributed by atoms with Crippen molar-refractivity contribution in [2.45, 2.75) is 18.9 Å². The Morgan fingerprint density at radius 1 is 1.53 bits per heavy atom. The van der Waals surface area contributed by atoms with Crippen LogP contribution < -0.4 is 10.6 Å². The maximum atomic E-state index is 10.9. The number of nitrogens with zero attached hydrogens (tertiary/aromatic N) is 2. The van der Waals surface area contributed by atoms with Gasteiger partial charge in [-0.15, -0.1) is 0 Å². The third-order valence-corrected chi connectivity index (χ3v) is 3.80. The number of likely N-dealkylation sites (tertiary alicyclic amines) is 1. The number of nitrogen functional groups attached to an aromatic ring is 1. The highest BCUT2D eigenvalue weighted by Gasteiger charge is 2.22. The first-order chi connectivity index (χ1) is 8.99. The van der Waals surface area contributed by atoms with Gasteiger partial charge >= 0.3 is 5.97 Å². The van der Waals surface area contributed by atoms with Crippen LogP contribution in [0.2, 0.25) is 0 Å². The highest BCUT2D eigenvalue weighted by atomic mass is 16.4. The van der Waals surface area contributed by atoms with E-state index in [0.717, 1.165) is 25.2 Å². The topological polar surface area (TPSA) is 69.8 Å². The first kappa shape index (κ1) is 13.7. The van der Waals surface area contributed by atoms with E-state index in [1.54, 1.807) is 12.1 Å². The van der Waals surface area contributed by atoms with E-state index in [1.165, 1.54) is 12.5 Å². The molecule has 5 heteroatoms. The Kier molecular flexibility index (Phi) is 3.95. The second-order valence-electron chi connectivity index (χ2n) is 5.25. The fourth-order valence-electron chi connectivity index (χ4n) is 2.66. The van der Waals surface area contributed by atoms with Crippen molar-refractivity contribution in [2.75, 3.05) is 37.8 Å². The lowest BCUT2D eigenvalue weighted by Gasteiger charge is -2.37. The van der Waals surface area contributed by atoms with Gasteiger partial charge in [-0.25, -0.2) is 4.79 Å². The van der Waals surface area contributed by atoms with E-state index in [1.807, 2.05) is 7.05 Å². The van der Waals surface area contributed by atoms with Gasteiger partial charge in [-0.3, -0.25) is 0 Å². The molecule has 0 amide bonds. The number of hydrogen-bond acceptors (Lipinski definition) is 4. The zero-order valence-corrected chi connectivity index (χ0v) is 11.5. The van der Waals surface area contributed by atoms with Crippen molar-refractivity contribution < 1.29 is 9.90 Å². The number of rotatable bonds is 3. The highest BCUT2D eigenvalue weighted by Crippen LogP contribution is 2.27. The van der Waals surface area contributed by atoms with Crippen LogP contribution in [0.5, 0.6) is 0 Å². The number of carbonyl (C=O) groups is 1. The second-order valence-corrected chi connectivity index (χ2v) is 5.25. The van der Waals surface area contributed by atoms with Gasteiger partial charge in [0.05, 0.1) is 16.9 Å². The molecule has 0 spiro atoms. The number of likely N-dealkylation sites (N-methyl/N-ethyl adjacent to an activating group) is 2. The molecule has 1 saturated heterocycles. The number of anilines is 2. The van der Waals surface area contributed by atoms with E-state index < -0.39 is 5.97 Å². The Hall–Kier alpha value is -1.75. The Labute approximate surface area is 113 Å². The van der Waals surface area contributed by atoms with Crippen LogP contribution in [-0.2, 0) is 0 Å². The summed E-state index contributed by atoms with van der Waals surface area (Å²) >= 11 is 0. The molecular weight excluding hydrogens is 242 g/mol. The summed E-state index contributed by atoms with van der Waals surface area (Å²) in [5, 5.41) is 8.95. The fourth-order valence-corrected chi connectivity index (χ4v) is 2.66. The summed E-state index contributed by atoms with van der Waals surface area (Å²) in [5.41, 5.74) is 7.65. The summed E-state index contributed by atoms with van der Waals surface area (Å²) in [7, 11) is 4.15. The zero-order chi connectivity index (χ0) is 14.0. The predicted octanol–water partition coefficient (Wildman–Crippen LogP) is 1.50. The van der Waals surface area contributed by atoms with Gasteiger partial charge in [-0.05, 0) is 44.6 Å². The lowest BCUT2D eigenvalue weighted by atomic mass is 10.0. The van der Waals surface area contributed by atoms with Crippen LogP contribution in [0, 0.1) is 0 Å². The second kappa shape index (κ2) is 5.48. The molecule has 0 aromatic heterocycles. The van der Waals surface area contributed by atoms with E-state index in [4.69, 9.17) is 10.8 Å². The molecule has 2 rings (SSSR count). The van der Waals surface area contributed by atoms with Crippen LogP contribution in [-0.4, -0.2) is 49.2 Å². The van der Waals surface area contributed by atoms with Gasteiger partial charge in [-0.2, -0.15) is 0 Å². The molecule has 0 bridgehead atoms. The minimum Gasteiger partial charge on any atom is -0.478 e. The summed E-state index contributed by atoms with van der Waals surface area (Å²) in [5.74, 6) is -0.946. The Bertz CT molecular complexity index is 476. The van der Waals surface area contributed by atoms with E-state index in [9.17, 15) is 4.79 Å². The lowest BCUT2D eigenvalue weighted by molar-refractivity contribution is 0.0697. The number of nitrogens with two attached hydrogens (primary N) is 1. The predicted molar refractivity (Wildman–Crippen MR) is 76.7 cm³/mol. The van der Waals surface area contributed by atoms with Crippen molar-refractivity contribution in [3.63, 3.8) is 0 Å². The van der Waals surface area contributed by atoms with E-state index in [2.05, 4.69) is 16.8 Å². The Balaban J connectivity index is 2.19. The number of benzene rings is 1. The lowest BCUT2D eigenvalue weighted by Crippen LogP contribution is -2.45. The van der Waals surface area contributed by atoms with E-state index in [0.29, 0.717) is 11.7 Å². The standard InChI is InChI=1S/C14H21N3O2/c1-16-7-3-4-11(9-16)17(2)13-6-5-10(14(18)19)8-12(13)15/h5-6,8,11H,3-4,7,9,15H2,1-2H3,(H,18,19). The molecule has 1 aliphatic rings. The molecule has 104 valence electrons. The molecule has 0 saturated carbocycles. The molecule has 1 unspecified atom stereocenters. The molecule has 5 nitrogen and oxygen atoms in total. The van der Waals surface area contributed by atoms with Gasteiger partial charge in [0.25, 0.3) is 0 Å². The normalized spacial score (nSPS) is 20.2. The van der Waals surface area contributed by atoms with Crippen LogP contribution in [0.1, 0.15) is 23.2 Å². The van der Waals surface area contributed by atoms with Gasteiger partial charge in [0.1, 0.15) is 0 Å². The fraction of sp³-hybridized carbons (Fsp3) is 0.500. The third kappa shape index (κ3) is 2.98. The summed E-state index contributed by atoms with van der Waals surface area (Å²) in [6, 6.07) is 5.36. The molecule has 0 radical (unpaired) electrons. The summed E-state index contributed by atoms with van der Waals surface area (Å²) in [4.78, 5) is 15.4. The van der Waals surface area contributed by atoms with Crippen molar-refractivity contribution in [3.8, 4) is 0 Å². The first-order valence-corrected chi connectivity index (χ1v) is 6.53. The molecule has 0 aliphatic carbocycles. The average Bonchev–Trinajstić information content (AvgIpc) is 2.37. The van der Waals surface area contributed by atoms with Crippen molar-refractivity contribution in [3.05, 3.63) is 23.8 Å². The van der Waals surface area contributed by atoms with Gasteiger partial charge in [0, 0.05) is 19.6 Å². The minimum atomic E-state index is -0.946. The molecule has 1 aromatic rings. The van der Waals surface area contributed by atoms with Crippen LogP contribution >= 0.6 is 0 Å². The van der Waals surface area contributed by atoms with Crippen molar-refractivity contribution >= 4 is 17.3 Å². The molecule has 1 aromatic carbocycles. The highest BCUT2D eigenvalue weighted by molar-refractivity contribution is 5.90. The molecule has 1 heterocycles. The van der Waals surface area contributed by atoms with Gasteiger partial charge in [0.2, 0.25) is 0 Å². The number of piperidine rings is 1. The average molecular weight is 263 g/mol. The largest absolute Gasteiger partial charge is 0.478 e. The molecule has 19 heavy (non-hydrogen) atoms. The summed E-state index contributed by atoms with van der Waals surface area (Å²) in [6.45, 7) is 2.15. The molecule has 1 atom stereocenters.